The Morgan fingerprint density at radius 2 is 1.42 bits per heavy atom. The fraction of sp³-hybridized carbons (Fsp3) is 0.257. The minimum atomic E-state index is -4.19. The molecule has 45 heavy (non-hydrogen) atoms. The van der Waals surface area contributed by atoms with E-state index >= 15 is 0 Å². The molecule has 0 aromatic heterocycles. The minimum absolute atomic E-state index is 0.0143. The van der Waals surface area contributed by atoms with Gasteiger partial charge in [-0.05, 0) is 80.4 Å². The van der Waals surface area contributed by atoms with Gasteiger partial charge in [-0.15, -0.1) is 0 Å². The number of amides is 2. The Morgan fingerprint density at radius 1 is 0.822 bits per heavy atom. The van der Waals surface area contributed by atoms with Gasteiger partial charge in [0.15, 0.2) is 0 Å². The van der Waals surface area contributed by atoms with E-state index in [2.05, 4.69) is 21.2 Å². The zero-order chi connectivity index (χ0) is 32.4. The van der Waals surface area contributed by atoms with Gasteiger partial charge in [0, 0.05) is 23.5 Å². The summed E-state index contributed by atoms with van der Waals surface area (Å²) in [7, 11) is -4.19. The number of carbonyl (C=O) groups is 2. The number of nitrogens with zero attached hydrogens (tertiary/aromatic N) is 2. The minimum Gasteiger partial charge on any atom is -0.494 e. The Kier molecular flexibility index (Phi) is 11.8. The summed E-state index contributed by atoms with van der Waals surface area (Å²) in [6.07, 6.45) is 0.249. The van der Waals surface area contributed by atoms with Gasteiger partial charge in [-0.3, -0.25) is 13.9 Å². The molecule has 1 N–H and O–H groups in total. The van der Waals surface area contributed by atoms with E-state index in [1.54, 1.807) is 42.5 Å². The quantitative estimate of drug-likeness (QED) is 0.170. The highest BCUT2D eigenvalue weighted by molar-refractivity contribution is 9.10. The van der Waals surface area contributed by atoms with Gasteiger partial charge in [0.2, 0.25) is 11.8 Å². The van der Waals surface area contributed by atoms with Crippen LogP contribution < -0.4 is 14.4 Å². The molecule has 1 atom stereocenters. The van der Waals surface area contributed by atoms with Gasteiger partial charge < -0.3 is 15.0 Å². The van der Waals surface area contributed by atoms with Gasteiger partial charge in [-0.1, -0.05) is 76.6 Å². The molecule has 0 saturated heterocycles. The van der Waals surface area contributed by atoms with Crippen molar-refractivity contribution in [2.45, 2.75) is 50.7 Å². The van der Waals surface area contributed by atoms with E-state index in [4.69, 9.17) is 4.74 Å². The molecule has 2 amide bonds. The van der Waals surface area contributed by atoms with E-state index in [9.17, 15) is 18.0 Å². The van der Waals surface area contributed by atoms with Crippen molar-refractivity contribution in [3.63, 3.8) is 0 Å². The third-order valence-corrected chi connectivity index (χ3v) is 9.33. The standard InChI is InChI=1S/C35H38BrN3O5S/c1-4-44-31-19-21-32(22-20-31)45(42,43)39(30-13-9-6-10-14-30)25-34(40)38(24-28-15-17-29(36)18-16-28)33(35(41)37-26(2)3)23-27-11-7-5-8-12-27/h5-22,26,33H,4,23-25H2,1-3H3,(H,37,41)/t33-/m0/s1. The Labute approximate surface area is 274 Å². The molecular formula is C35H38BrN3O5S. The lowest BCUT2D eigenvalue weighted by Gasteiger charge is -2.34. The number of sulfonamides is 1. The zero-order valence-electron chi connectivity index (χ0n) is 25.6. The van der Waals surface area contributed by atoms with Crippen LogP contribution in [0, 0.1) is 0 Å². The number of carbonyl (C=O) groups excluding carboxylic acids is 2. The number of rotatable bonds is 14. The molecular weight excluding hydrogens is 654 g/mol. The third-order valence-electron chi connectivity index (χ3n) is 7.01. The summed E-state index contributed by atoms with van der Waals surface area (Å²) in [6, 6.07) is 30.5. The van der Waals surface area contributed by atoms with Crippen molar-refractivity contribution in [1.29, 1.82) is 0 Å². The number of anilines is 1. The van der Waals surface area contributed by atoms with Gasteiger partial charge in [0.25, 0.3) is 10.0 Å². The number of ether oxygens (including phenoxy) is 1. The molecule has 0 spiro atoms. The molecule has 0 fully saturated rings. The highest BCUT2D eigenvalue weighted by Crippen LogP contribution is 2.26. The van der Waals surface area contributed by atoms with Crippen molar-refractivity contribution in [3.05, 3.63) is 125 Å². The van der Waals surface area contributed by atoms with Crippen LogP contribution in [0.15, 0.2) is 119 Å². The summed E-state index contributed by atoms with van der Waals surface area (Å²) in [4.78, 5) is 29.7. The number of benzene rings is 4. The fourth-order valence-electron chi connectivity index (χ4n) is 4.85. The first-order valence-electron chi connectivity index (χ1n) is 14.8. The fourth-order valence-corrected chi connectivity index (χ4v) is 6.52. The molecule has 4 aromatic carbocycles. The molecule has 4 aromatic rings. The first-order chi connectivity index (χ1) is 21.6. The monoisotopic (exact) mass is 691 g/mol. The molecule has 10 heteroatoms. The topological polar surface area (TPSA) is 96.0 Å². The smallest absolute Gasteiger partial charge is 0.264 e. The lowest BCUT2D eigenvalue weighted by atomic mass is 10.0. The molecule has 0 saturated carbocycles. The summed E-state index contributed by atoms with van der Waals surface area (Å²) in [6.45, 7) is 5.59. The van der Waals surface area contributed by atoms with Crippen LogP contribution in [-0.2, 0) is 32.6 Å². The summed E-state index contributed by atoms with van der Waals surface area (Å²) in [5.41, 5.74) is 1.99. The van der Waals surface area contributed by atoms with E-state index in [-0.39, 0.29) is 29.8 Å². The average Bonchev–Trinajstić information content (AvgIpc) is 3.03. The van der Waals surface area contributed by atoms with Gasteiger partial charge >= 0.3 is 0 Å². The largest absolute Gasteiger partial charge is 0.494 e. The van der Waals surface area contributed by atoms with E-state index in [0.29, 0.717) is 18.0 Å². The van der Waals surface area contributed by atoms with E-state index in [1.165, 1.54) is 17.0 Å². The predicted molar refractivity (Wildman–Crippen MR) is 180 cm³/mol. The maximum absolute atomic E-state index is 14.4. The summed E-state index contributed by atoms with van der Waals surface area (Å²) in [5, 5.41) is 2.97. The molecule has 0 aliphatic rings. The predicted octanol–water partition coefficient (Wildman–Crippen LogP) is 6.21. The Morgan fingerprint density at radius 3 is 2.00 bits per heavy atom. The van der Waals surface area contributed by atoms with Crippen LogP contribution in [0.25, 0.3) is 0 Å². The maximum atomic E-state index is 14.4. The van der Waals surface area contributed by atoms with Gasteiger partial charge in [0.05, 0.1) is 17.2 Å². The number of hydrogen-bond donors (Lipinski definition) is 1. The van der Waals surface area contributed by atoms with Crippen molar-refractivity contribution < 1.29 is 22.7 Å². The summed E-state index contributed by atoms with van der Waals surface area (Å²) >= 11 is 3.45. The molecule has 0 aliphatic carbocycles. The van der Waals surface area contributed by atoms with Crippen LogP contribution in [0.1, 0.15) is 31.9 Å². The third kappa shape index (κ3) is 9.18. The molecule has 0 radical (unpaired) electrons. The molecule has 0 unspecified atom stereocenters. The lowest BCUT2D eigenvalue weighted by molar-refractivity contribution is -0.140. The first-order valence-corrected chi connectivity index (χ1v) is 17.0. The Bertz CT molecular complexity index is 1650. The van der Waals surface area contributed by atoms with Gasteiger partial charge in [-0.25, -0.2) is 8.42 Å². The molecule has 8 nitrogen and oxygen atoms in total. The van der Waals surface area contributed by atoms with Crippen LogP contribution in [0.5, 0.6) is 5.75 Å². The van der Waals surface area contributed by atoms with Gasteiger partial charge in [-0.2, -0.15) is 0 Å². The second kappa shape index (κ2) is 15.7. The maximum Gasteiger partial charge on any atom is 0.264 e. The number of nitrogens with one attached hydrogen (secondary N) is 1. The van der Waals surface area contributed by atoms with Crippen molar-refractivity contribution in [2.24, 2.45) is 0 Å². The number of hydrogen-bond acceptors (Lipinski definition) is 5. The molecule has 0 bridgehead atoms. The summed E-state index contributed by atoms with van der Waals surface area (Å²) < 4.78 is 35.7. The Hall–Kier alpha value is -4.15. The molecule has 0 aliphatic heterocycles. The number of para-hydroxylation sites is 1. The zero-order valence-corrected chi connectivity index (χ0v) is 28.0. The van der Waals surface area contributed by atoms with Crippen molar-refractivity contribution >= 4 is 43.5 Å². The first kappa shape index (κ1) is 33.7. The summed E-state index contributed by atoms with van der Waals surface area (Å²) in [5.74, 6) is -0.296. The highest BCUT2D eigenvalue weighted by atomic mass is 79.9. The van der Waals surface area contributed by atoms with Crippen LogP contribution in [-0.4, -0.2) is 50.4 Å². The average molecular weight is 693 g/mol. The van der Waals surface area contributed by atoms with Crippen LogP contribution >= 0.6 is 15.9 Å². The van der Waals surface area contributed by atoms with Crippen LogP contribution in [0.4, 0.5) is 5.69 Å². The molecule has 4 rings (SSSR count). The van der Waals surface area contributed by atoms with Crippen LogP contribution in [0.2, 0.25) is 0 Å². The van der Waals surface area contributed by atoms with E-state index in [1.807, 2.05) is 75.4 Å². The van der Waals surface area contributed by atoms with Crippen molar-refractivity contribution in [1.82, 2.24) is 10.2 Å². The van der Waals surface area contributed by atoms with Crippen molar-refractivity contribution in [2.75, 3.05) is 17.5 Å². The second-order valence-electron chi connectivity index (χ2n) is 10.8. The van der Waals surface area contributed by atoms with E-state index < -0.39 is 28.5 Å². The molecule has 236 valence electrons. The highest BCUT2D eigenvalue weighted by Gasteiger charge is 2.34. The van der Waals surface area contributed by atoms with Crippen molar-refractivity contribution in [3.8, 4) is 5.75 Å². The normalized spacial score (nSPS) is 11.9. The van der Waals surface area contributed by atoms with E-state index in [0.717, 1.165) is 19.9 Å². The number of halogens is 1. The Balaban J connectivity index is 1.77. The second-order valence-corrected chi connectivity index (χ2v) is 13.5. The lowest BCUT2D eigenvalue weighted by Crippen LogP contribution is -2.54. The van der Waals surface area contributed by atoms with Crippen LogP contribution in [0.3, 0.4) is 0 Å². The van der Waals surface area contributed by atoms with Gasteiger partial charge in [0.1, 0.15) is 18.3 Å². The molecule has 0 heterocycles. The SMILES string of the molecule is CCOc1ccc(S(=O)(=O)N(CC(=O)N(Cc2ccc(Br)cc2)[C@@H](Cc2ccccc2)C(=O)NC(C)C)c2ccccc2)cc1.